The Kier molecular flexibility index (Phi) is 5.37. The van der Waals surface area contributed by atoms with Gasteiger partial charge in [-0.1, -0.05) is 18.2 Å². The van der Waals surface area contributed by atoms with Crippen molar-refractivity contribution in [3.05, 3.63) is 82.9 Å². The largest absolute Gasteiger partial charge is 0.479 e. The standard InChI is InChI=1S/C26H20N4O2S/c1-16-26(31)30(15-19-8-6-18(14-27)7-9-19)22-13-20(10-11-23(22)32-16)24-17(2)33-25(29-24)21-5-3-4-12-28-21/h3-13,16H,15H2,1-2H3. The molecule has 3 heterocycles. The van der Waals surface area contributed by atoms with Crippen LogP contribution in [0.4, 0.5) is 5.69 Å². The lowest BCUT2D eigenvalue weighted by molar-refractivity contribution is -0.125. The van der Waals surface area contributed by atoms with Crippen LogP contribution >= 0.6 is 11.3 Å². The molecular weight excluding hydrogens is 432 g/mol. The molecule has 33 heavy (non-hydrogen) atoms. The van der Waals surface area contributed by atoms with E-state index in [2.05, 4.69) is 11.1 Å². The van der Waals surface area contributed by atoms with Gasteiger partial charge in [-0.3, -0.25) is 9.78 Å². The number of amides is 1. The number of hydrogen-bond acceptors (Lipinski definition) is 6. The Labute approximate surface area is 195 Å². The predicted octanol–water partition coefficient (Wildman–Crippen LogP) is 5.37. The molecule has 2 aromatic carbocycles. The highest BCUT2D eigenvalue weighted by atomic mass is 32.1. The molecule has 0 saturated carbocycles. The molecule has 6 nitrogen and oxygen atoms in total. The molecule has 0 fully saturated rings. The summed E-state index contributed by atoms with van der Waals surface area (Å²) in [5.41, 5.74) is 4.87. The maximum Gasteiger partial charge on any atom is 0.268 e. The number of ether oxygens (including phenoxy) is 1. The number of carbonyl (C=O) groups excluding carboxylic acids is 1. The lowest BCUT2D eigenvalue weighted by Gasteiger charge is -2.33. The fourth-order valence-corrected chi connectivity index (χ4v) is 4.76. The fraction of sp³-hybridized carbons (Fsp3) is 0.154. The molecule has 1 aliphatic rings. The second kappa shape index (κ2) is 8.49. The first kappa shape index (κ1) is 20.9. The molecule has 1 unspecified atom stereocenters. The SMILES string of the molecule is Cc1sc(-c2ccccn2)nc1-c1ccc2c(c1)N(Cc1ccc(C#N)cc1)C(=O)C(C)O2. The van der Waals surface area contributed by atoms with E-state index in [-0.39, 0.29) is 5.91 Å². The highest BCUT2D eigenvalue weighted by Crippen LogP contribution is 2.40. The van der Waals surface area contributed by atoms with E-state index in [0.29, 0.717) is 23.5 Å². The molecule has 7 heteroatoms. The van der Waals surface area contributed by atoms with Crippen molar-refractivity contribution in [3.8, 4) is 33.8 Å². The van der Waals surface area contributed by atoms with Crippen molar-refractivity contribution < 1.29 is 9.53 Å². The number of anilines is 1. The van der Waals surface area contributed by atoms with Gasteiger partial charge in [-0.15, -0.1) is 11.3 Å². The van der Waals surface area contributed by atoms with Crippen molar-refractivity contribution in [3.63, 3.8) is 0 Å². The van der Waals surface area contributed by atoms with Crippen molar-refractivity contribution in [1.29, 1.82) is 5.26 Å². The number of thiazole rings is 1. The van der Waals surface area contributed by atoms with Crippen molar-refractivity contribution in [1.82, 2.24) is 9.97 Å². The molecule has 2 aromatic heterocycles. The minimum absolute atomic E-state index is 0.104. The quantitative estimate of drug-likeness (QED) is 0.416. The van der Waals surface area contributed by atoms with E-state index in [1.807, 2.05) is 55.5 Å². The average Bonchev–Trinajstić information content (AvgIpc) is 3.24. The number of pyridine rings is 1. The summed E-state index contributed by atoms with van der Waals surface area (Å²) in [6.45, 7) is 4.19. The second-order valence-corrected chi connectivity index (χ2v) is 9.02. The Morgan fingerprint density at radius 1 is 1.15 bits per heavy atom. The average molecular weight is 453 g/mol. The highest BCUT2D eigenvalue weighted by molar-refractivity contribution is 7.15. The first-order valence-electron chi connectivity index (χ1n) is 10.5. The third-order valence-corrected chi connectivity index (χ3v) is 6.54. The third kappa shape index (κ3) is 3.97. The molecular formula is C26H20N4O2S. The normalized spacial score (nSPS) is 15.0. The van der Waals surface area contributed by atoms with Gasteiger partial charge in [0.1, 0.15) is 10.8 Å². The first-order valence-corrected chi connectivity index (χ1v) is 11.4. The van der Waals surface area contributed by atoms with Crippen LogP contribution < -0.4 is 9.64 Å². The van der Waals surface area contributed by atoms with Crippen molar-refractivity contribution in [2.24, 2.45) is 0 Å². The van der Waals surface area contributed by atoms with E-state index in [0.717, 1.165) is 32.4 Å². The van der Waals surface area contributed by atoms with Gasteiger partial charge in [0.2, 0.25) is 0 Å². The summed E-state index contributed by atoms with van der Waals surface area (Å²) in [5, 5.41) is 9.91. The summed E-state index contributed by atoms with van der Waals surface area (Å²) in [6, 6.07) is 21.0. The molecule has 0 saturated heterocycles. The maximum absolute atomic E-state index is 13.0. The summed E-state index contributed by atoms with van der Waals surface area (Å²) in [7, 11) is 0. The zero-order valence-corrected chi connectivity index (χ0v) is 19.0. The van der Waals surface area contributed by atoms with Crippen LogP contribution in [0.5, 0.6) is 5.75 Å². The van der Waals surface area contributed by atoms with E-state index in [4.69, 9.17) is 15.0 Å². The van der Waals surface area contributed by atoms with Gasteiger partial charge in [-0.25, -0.2) is 4.98 Å². The molecule has 4 aromatic rings. The fourth-order valence-electron chi connectivity index (χ4n) is 3.85. The van der Waals surface area contributed by atoms with Crippen molar-refractivity contribution in [2.75, 3.05) is 4.90 Å². The van der Waals surface area contributed by atoms with Crippen LogP contribution in [0.2, 0.25) is 0 Å². The maximum atomic E-state index is 13.0. The molecule has 0 radical (unpaired) electrons. The number of rotatable bonds is 4. The van der Waals surface area contributed by atoms with Crippen LogP contribution in [-0.4, -0.2) is 22.0 Å². The van der Waals surface area contributed by atoms with Crippen molar-refractivity contribution in [2.45, 2.75) is 26.5 Å². The van der Waals surface area contributed by atoms with E-state index in [9.17, 15) is 4.79 Å². The number of aromatic nitrogens is 2. The Morgan fingerprint density at radius 2 is 1.97 bits per heavy atom. The zero-order chi connectivity index (χ0) is 22.9. The summed E-state index contributed by atoms with van der Waals surface area (Å²) < 4.78 is 5.88. The number of fused-ring (bicyclic) bond motifs is 1. The van der Waals surface area contributed by atoms with Gasteiger partial charge < -0.3 is 9.64 Å². The summed E-state index contributed by atoms with van der Waals surface area (Å²) >= 11 is 1.60. The van der Waals surface area contributed by atoms with Gasteiger partial charge in [0, 0.05) is 16.6 Å². The number of nitriles is 1. The van der Waals surface area contributed by atoms with Gasteiger partial charge in [-0.05, 0) is 61.9 Å². The Morgan fingerprint density at radius 3 is 2.70 bits per heavy atom. The molecule has 5 rings (SSSR count). The second-order valence-electron chi connectivity index (χ2n) is 7.81. The minimum atomic E-state index is -0.571. The van der Waals surface area contributed by atoms with Gasteiger partial charge in [0.25, 0.3) is 5.91 Å². The van der Waals surface area contributed by atoms with Crippen LogP contribution in [0.3, 0.4) is 0 Å². The number of nitrogens with zero attached hydrogens (tertiary/aromatic N) is 4. The molecule has 0 N–H and O–H groups in total. The Hall–Kier alpha value is -4.02. The molecule has 1 aliphatic heterocycles. The van der Waals surface area contributed by atoms with Crippen molar-refractivity contribution >= 4 is 22.9 Å². The predicted molar refractivity (Wildman–Crippen MR) is 128 cm³/mol. The third-order valence-electron chi connectivity index (χ3n) is 5.55. The highest BCUT2D eigenvalue weighted by Gasteiger charge is 2.32. The number of aryl methyl sites for hydroxylation is 1. The molecule has 1 atom stereocenters. The van der Waals surface area contributed by atoms with E-state index >= 15 is 0 Å². The Balaban J connectivity index is 1.53. The smallest absolute Gasteiger partial charge is 0.268 e. The summed E-state index contributed by atoms with van der Waals surface area (Å²) in [6.07, 6.45) is 1.19. The molecule has 1 amide bonds. The Bertz CT molecular complexity index is 1370. The monoisotopic (exact) mass is 452 g/mol. The summed E-state index contributed by atoms with van der Waals surface area (Å²) in [4.78, 5) is 25.1. The van der Waals surface area contributed by atoms with Gasteiger partial charge >= 0.3 is 0 Å². The first-order chi connectivity index (χ1) is 16.0. The molecule has 0 spiro atoms. The molecule has 0 bridgehead atoms. The van der Waals surface area contributed by atoms with E-state index < -0.39 is 6.10 Å². The number of hydrogen-bond donors (Lipinski definition) is 0. The van der Waals surface area contributed by atoms with Crippen LogP contribution in [0.25, 0.3) is 22.0 Å². The van der Waals surface area contributed by atoms with Gasteiger partial charge in [-0.2, -0.15) is 5.26 Å². The van der Waals surface area contributed by atoms with Crippen LogP contribution in [0, 0.1) is 18.3 Å². The van der Waals surface area contributed by atoms with E-state index in [1.165, 1.54) is 0 Å². The zero-order valence-electron chi connectivity index (χ0n) is 18.1. The van der Waals surface area contributed by atoms with Crippen LogP contribution in [-0.2, 0) is 11.3 Å². The number of benzene rings is 2. The molecule has 0 aliphatic carbocycles. The summed E-state index contributed by atoms with van der Waals surface area (Å²) in [5.74, 6) is 0.561. The van der Waals surface area contributed by atoms with E-state index in [1.54, 1.807) is 41.5 Å². The number of carbonyl (C=O) groups is 1. The minimum Gasteiger partial charge on any atom is -0.479 e. The van der Waals surface area contributed by atoms with Gasteiger partial charge in [0.15, 0.2) is 6.10 Å². The topological polar surface area (TPSA) is 79.1 Å². The van der Waals surface area contributed by atoms with Crippen LogP contribution in [0.15, 0.2) is 66.9 Å². The van der Waals surface area contributed by atoms with Gasteiger partial charge in [0.05, 0.1) is 35.3 Å². The lowest BCUT2D eigenvalue weighted by Crippen LogP contribution is -2.44. The lowest BCUT2D eigenvalue weighted by atomic mass is 10.1. The van der Waals surface area contributed by atoms with Crippen LogP contribution in [0.1, 0.15) is 22.9 Å². The molecule has 162 valence electrons.